The van der Waals surface area contributed by atoms with Crippen molar-refractivity contribution in [1.29, 1.82) is 0 Å². The molecule has 2 N–H and O–H groups in total. The molecular weight excluding hydrogens is 414 g/mol. The third kappa shape index (κ3) is 21.5. The Kier molecular flexibility index (Phi) is 25.2. The van der Waals surface area contributed by atoms with Crippen molar-refractivity contribution in [1.82, 2.24) is 4.90 Å². The van der Waals surface area contributed by atoms with Crippen LogP contribution in [0.3, 0.4) is 0 Å². The Hall–Kier alpha value is -0.810. The Morgan fingerprint density at radius 1 is 0.576 bits per heavy atom. The summed E-state index contributed by atoms with van der Waals surface area (Å²) in [5.41, 5.74) is 0. The zero-order valence-electron chi connectivity index (χ0n) is 22.2. The van der Waals surface area contributed by atoms with Gasteiger partial charge in [-0.15, -0.1) is 0 Å². The summed E-state index contributed by atoms with van der Waals surface area (Å²) < 4.78 is 5.28. The van der Waals surface area contributed by atoms with Crippen LogP contribution in [-0.4, -0.2) is 53.6 Å². The van der Waals surface area contributed by atoms with E-state index in [9.17, 15) is 15.0 Å². The molecule has 0 radical (unpaired) electrons. The lowest BCUT2D eigenvalue weighted by atomic mass is 10.1. The van der Waals surface area contributed by atoms with E-state index in [1.807, 2.05) is 0 Å². The van der Waals surface area contributed by atoms with Crippen molar-refractivity contribution in [2.75, 3.05) is 26.3 Å². The Morgan fingerprint density at radius 2 is 0.879 bits per heavy atom. The van der Waals surface area contributed by atoms with E-state index in [0.717, 1.165) is 25.7 Å². The number of hydrogen-bond donors (Lipinski definition) is 2. The number of amides is 1. The SMILES string of the molecule is CCCCCCCCCCCCN(CCCCCCCCCCCC)C(=O)OC(CO)CO. The molecule has 0 unspecified atom stereocenters. The first-order valence-electron chi connectivity index (χ1n) is 14.4. The molecular formula is C28H57NO4. The standard InChI is InChI=1S/C28H57NO4/c1-3-5-7-9-11-13-15-17-19-21-23-29(28(32)33-27(25-30)26-31)24-22-20-18-16-14-12-10-8-6-4-2/h27,30-31H,3-26H2,1-2H3. The van der Waals surface area contributed by atoms with Crippen LogP contribution in [0.4, 0.5) is 4.79 Å². The van der Waals surface area contributed by atoms with E-state index in [1.165, 1.54) is 103 Å². The molecule has 0 atom stereocenters. The molecule has 1 amide bonds. The molecule has 0 aromatic rings. The van der Waals surface area contributed by atoms with Crippen LogP contribution in [-0.2, 0) is 4.74 Å². The molecule has 0 spiro atoms. The number of rotatable bonds is 25. The van der Waals surface area contributed by atoms with Gasteiger partial charge in [0.25, 0.3) is 0 Å². The molecule has 0 saturated carbocycles. The fraction of sp³-hybridized carbons (Fsp3) is 0.964. The third-order valence-corrected chi connectivity index (χ3v) is 6.50. The molecule has 0 aromatic carbocycles. The lowest BCUT2D eigenvalue weighted by Crippen LogP contribution is -2.38. The molecule has 0 rings (SSSR count). The maximum absolute atomic E-state index is 12.5. The van der Waals surface area contributed by atoms with Crippen molar-refractivity contribution in [3.8, 4) is 0 Å². The van der Waals surface area contributed by atoms with Crippen LogP contribution in [0.2, 0.25) is 0 Å². The van der Waals surface area contributed by atoms with Crippen molar-refractivity contribution in [2.45, 2.75) is 148 Å². The minimum Gasteiger partial charge on any atom is -0.441 e. The fourth-order valence-corrected chi connectivity index (χ4v) is 4.22. The molecule has 0 aromatic heterocycles. The first-order valence-corrected chi connectivity index (χ1v) is 14.4. The molecule has 0 aliphatic heterocycles. The Balaban J connectivity index is 4.03. The lowest BCUT2D eigenvalue weighted by molar-refractivity contribution is 0.00432. The van der Waals surface area contributed by atoms with Crippen LogP contribution in [0.15, 0.2) is 0 Å². The number of unbranched alkanes of at least 4 members (excludes halogenated alkanes) is 18. The van der Waals surface area contributed by atoms with Crippen LogP contribution >= 0.6 is 0 Å². The van der Waals surface area contributed by atoms with Gasteiger partial charge in [0.15, 0.2) is 0 Å². The molecule has 0 bridgehead atoms. The van der Waals surface area contributed by atoms with Gasteiger partial charge < -0.3 is 19.8 Å². The number of carbonyl (C=O) groups excluding carboxylic acids is 1. The largest absolute Gasteiger partial charge is 0.441 e. The van der Waals surface area contributed by atoms with E-state index in [4.69, 9.17) is 4.74 Å². The second kappa shape index (κ2) is 25.8. The van der Waals surface area contributed by atoms with Gasteiger partial charge in [0.2, 0.25) is 0 Å². The molecule has 0 saturated heterocycles. The van der Waals surface area contributed by atoms with Gasteiger partial charge in [-0.3, -0.25) is 0 Å². The quantitative estimate of drug-likeness (QED) is 0.134. The van der Waals surface area contributed by atoms with Gasteiger partial charge in [-0.05, 0) is 12.8 Å². The number of carbonyl (C=O) groups is 1. The average molecular weight is 472 g/mol. The Bertz CT molecular complexity index is 377. The van der Waals surface area contributed by atoms with Crippen LogP contribution in [0.5, 0.6) is 0 Å². The Labute approximate surface area is 205 Å². The monoisotopic (exact) mass is 471 g/mol. The van der Waals surface area contributed by atoms with E-state index in [-0.39, 0.29) is 13.2 Å². The second-order valence-electron chi connectivity index (χ2n) is 9.72. The molecule has 0 aliphatic carbocycles. The Morgan fingerprint density at radius 3 is 1.18 bits per heavy atom. The first-order chi connectivity index (χ1) is 16.2. The summed E-state index contributed by atoms with van der Waals surface area (Å²) in [4.78, 5) is 14.3. The predicted molar refractivity (Wildman–Crippen MR) is 140 cm³/mol. The highest BCUT2D eigenvalue weighted by molar-refractivity contribution is 5.67. The lowest BCUT2D eigenvalue weighted by Gasteiger charge is -2.24. The summed E-state index contributed by atoms with van der Waals surface area (Å²) in [6, 6.07) is 0. The summed E-state index contributed by atoms with van der Waals surface area (Å²) in [6.07, 6.45) is 24.2. The van der Waals surface area contributed by atoms with Crippen molar-refractivity contribution < 1.29 is 19.7 Å². The summed E-state index contributed by atoms with van der Waals surface area (Å²) in [7, 11) is 0. The normalized spacial score (nSPS) is 11.3. The number of ether oxygens (including phenoxy) is 1. The molecule has 0 fully saturated rings. The van der Waals surface area contributed by atoms with E-state index in [2.05, 4.69) is 13.8 Å². The van der Waals surface area contributed by atoms with Crippen LogP contribution < -0.4 is 0 Å². The van der Waals surface area contributed by atoms with Gasteiger partial charge in [-0.2, -0.15) is 0 Å². The topological polar surface area (TPSA) is 70.0 Å². The predicted octanol–water partition coefficient (Wildman–Crippen LogP) is 7.62. The fourth-order valence-electron chi connectivity index (χ4n) is 4.22. The van der Waals surface area contributed by atoms with Gasteiger partial charge in [0.1, 0.15) is 6.10 Å². The van der Waals surface area contributed by atoms with Crippen molar-refractivity contribution in [2.24, 2.45) is 0 Å². The van der Waals surface area contributed by atoms with E-state index >= 15 is 0 Å². The van der Waals surface area contributed by atoms with E-state index in [0.29, 0.717) is 13.1 Å². The van der Waals surface area contributed by atoms with Crippen LogP contribution in [0, 0.1) is 0 Å². The first kappa shape index (κ1) is 32.2. The molecule has 5 heteroatoms. The number of nitrogens with zero attached hydrogens (tertiary/aromatic N) is 1. The second-order valence-corrected chi connectivity index (χ2v) is 9.72. The van der Waals surface area contributed by atoms with Gasteiger partial charge >= 0.3 is 6.09 Å². The number of aliphatic hydroxyl groups is 2. The maximum atomic E-state index is 12.5. The zero-order chi connectivity index (χ0) is 24.4. The van der Waals surface area contributed by atoms with Crippen molar-refractivity contribution in [3.05, 3.63) is 0 Å². The van der Waals surface area contributed by atoms with Gasteiger partial charge in [0.05, 0.1) is 13.2 Å². The van der Waals surface area contributed by atoms with Crippen molar-refractivity contribution >= 4 is 6.09 Å². The minimum atomic E-state index is -0.819. The molecule has 5 nitrogen and oxygen atoms in total. The molecule has 33 heavy (non-hydrogen) atoms. The summed E-state index contributed by atoms with van der Waals surface area (Å²) in [5.74, 6) is 0. The van der Waals surface area contributed by atoms with Gasteiger partial charge in [0, 0.05) is 13.1 Å². The smallest absolute Gasteiger partial charge is 0.410 e. The summed E-state index contributed by atoms with van der Waals surface area (Å²) in [5, 5.41) is 18.5. The maximum Gasteiger partial charge on any atom is 0.410 e. The number of aliphatic hydroxyl groups excluding tert-OH is 2. The molecule has 0 heterocycles. The van der Waals surface area contributed by atoms with E-state index < -0.39 is 12.2 Å². The molecule has 0 aliphatic rings. The zero-order valence-corrected chi connectivity index (χ0v) is 22.2. The highest BCUT2D eigenvalue weighted by Crippen LogP contribution is 2.13. The highest BCUT2D eigenvalue weighted by atomic mass is 16.6. The van der Waals surface area contributed by atoms with Gasteiger partial charge in [-0.25, -0.2) is 4.79 Å². The number of hydrogen-bond acceptors (Lipinski definition) is 4. The highest BCUT2D eigenvalue weighted by Gasteiger charge is 2.19. The minimum absolute atomic E-state index is 0.341. The van der Waals surface area contributed by atoms with Crippen molar-refractivity contribution in [3.63, 3.8) is 0 Å². The van der Waals surface area contributed by atoms with Crippen LogP contribution in [0.25, 0.3) is 0 Å². The average Bonchev–Trinajstić information content (AvgIpc) is 2.83. The summed E-state index contributed by atoms with van der Waals surface area (Å²) in [6.45, 7) is 5.23. The van der Waals surface area contributed by atoms with E-state index in [1.54, 1.807) is 4.90 Å². The third-order valence-electron chi connectivity index (χ3n) is 6.50. The van der Waals surface area contributed by atoms with Crippen LogP contribution in [0.1, 0.15) is 142 Å². The molecule has 198 valence electrons. The summed E-state index contributed by atoms with van der Waals surface area (Å²) >= 11 is 0. The van der Waals surface area contributed by atoms with Gasteiger partial charge in [-0.1, -0.05) is 129 Å².